The van der Waals surface area contributed by atoms with Crippen molar-refractivity contribution in [3.63, 3.8) is 0 Å². The Balaban J connectivity index is 2.94. The Labute approximate surface area is 162 Å². The van der Waals surface area contributed by atoms with Gasteiger partial charge in [-0.2, -0.15) is 0 Å². The van der Waals surface area contributed by atoms with Gasteiger partial charge in [-0.25, -0.2) is 0 Å². The first-order chi connectivity index (χ1) is 12.7. The highest BCUT2D eigenvalue weighted by Gasteiger charge is 2.34. The summed E-state index contributed by atoms with van der Waals surface area (Å²) in [7, 11) is 1.47. The van der Waals surface area contributed by atoms with E-state index < -0.39 is 35.8 Å². The van der Waals surface area contributed by atoms with Crippen LogP contribution >= 0.6 is 11.6 Å². The minimum atomic E-state index is -1.54. The molecule has 0 saturated carbocycles. The Kier molecular flexibility index (Phi) is 8.27. The number of ether oxygens (including phenoxy) is 1. The molecule has 0 aliphatic carbocycles. The highest BCUT2D eigenvalue weighted by molar-refractivity contribution is 6.32. The maximum absolute atomic E-state index is 12.5. The summed E-state index contributed by atoms with van der Waals surface area (Å²) in [6, 6.07) is 3.95. The number of halogens is 1. The van der Waals surface area contributed by atoms with Gasteiger partial charge < -0.3 is 25.6 Å². The van der Waals surface area contributed by atoms with E-state index in [1.165, 1.54) is 14.0 Å². The first kappa shape index (κ1) is 22.5. The second kappa shape index (κ2) is 9.94. The molecule has 4 N–H and O–H groups in total. The number of carbonyl (C=O) groups excluding carboxylic acids is 2. The zero-order valence-electron chi connectivity index (χ0n) is 15.1. The minimum absolute atomic E-state index is 0.109. The lowest BCUT2D eigenvalue weighted by atomic mass is 9.92. The molecule has 0 bridgehead atoms. The molecule has 27 heavy (non-hydrogen) atoms. The molecule has 0 aromatic heterocycles. The number of carboxylic acid groups (broad SMARTS) is 1. The van der Waals surface area contributed by atoms with Crippen molar-refractivity contribution in [2.45, 2.75) is 19.4 Å². The predicted molar refractivity (Wildman–Crippen MR) is 99.7 cm³/mol. The largest absolute Gasteiger partial charge is 0.495 e. The SMILES string of the molecule is C=CC(=O)N[C@H](Cc1ccc(OC)c(Cl)c1)C(=O)NCC(C)(CO)C(=O)O. The summed E-state index contributed by atoms with van der Waals surface area (Å²) in [6.07, 6.45) is 1.13. The number of amides is 2. The van der Waals surface area contributed by atoms with Gasteiger partial charge in [0.1, 0.15) is 17.2 Å². The molecule has 9 heteroatoms. The average molecular weight is 399 g/mol. The van der Waals surface area contributed by atoms with Crippen LogP contribution < -0.4 is 15.4 Å². The van der Waals surface area contributed by atoms with Gasteiger partial charge in [-0.05, 0) is 30.7 Å². The maximum atomic E-state index is 12.5. The Hall–Kier alpha value is -2.58. The summed E-state index contributed by atoms with van der Waals surface area (Å²) >= 11 is 6.08. The molecule has 1 aromatic rings. The lowest BCUT2D eigenvalue weighted by molar-refractivity contribution is -0.150. The van der Waals surface area contributed by atoms with E-state index in [0.29, 0.717) is 16.3 Å². The van der Waals surface area contributed by atoms with Crippen LogP contribution in [0.25, 0.3) is 0 Å². The van der Waals surface area contributed by atoms with Crippen molar-refractivity contribution < 1.29 is 29.3 Å². The normalized spacial score (nSPS) is 13.8. The van der Waals surface area contributed by atoms with Gasteiger partial charge in [0, 0.05) is 13.0 Å². The smallest absolute Gasteiger partial charge is 0.313 e. The Morgan fingerprint density at radius 2 is 2.07 bits per heavy atom. The summed E-state index contributed by atoms with van der Waals surface area (Å²) in [6.45, 7) is 3.69. The van der Waals surface area contributed by atoms with Crippen LogP contribution in [-0.4, -0.2) is 54.3 Å². The number of methoxy groups -OCH3 is 1. The summed E-state index contributed by atoms with van der Waals surface area (Å²) in [5.74, 6) is -1.94. The van der Waals surface area contributed by atoms with Crippen molar-refractivity contribution in [1.82, 2.24) is 10.6 Å². The van der Waals surface area contributed by atoms with Crippen molar-refractivity contribution in [3.05, 3.63) is 41.4 Å². The highest BCUT2D eigenvalue weighted by atomic mass is 35.5. The molecule has 0 spiro atoms. The van der Waals surface area contributed by atoms with E-state index in [9.17, 15) is 19.5 Å². The van der Waals surface area contributed by atoms with Crippen molar-refractivity contribution in [3.8, 4) is 5.75 Å². The van der Waals surface area contributed by atoms with Crippen LogP contribution in [0.3, 0.4) is 0 Å². The number of benzene rings is 1. The zero-order valence-corrected chi connectivity index (χ0v) is 15.9. The highest BCUT2D eigenvalue weighted by Crippen LogP contribution is 2.25. The van der Waals surface area contributed by atoms with Crippen molar-refractivity contribution in [1.29, 1.82) is 0 Å². The number of hydrogen-bond acceptors (Lipinski definition) is 5. The molecule has 0 fully saturated rings. The molecular formula is C18H23ClN2O6. The van der Waals surface area contributed by atoms with Gasteiger partial charge >= 0.3 is 5.97 Å². The van der Waals surface area contributed by atoms with Gasteiger partial charge in [0.2, 0.25) is 11.8 Å². The molecule has 8 nitrogen and oxygen atoms in total. The van der Waals surface area contributed by atoms with E-state index in [2.05, 4.69) is 17.2 Å². The fourth-order valence-corrected chi connectivity index (χ4v) is 2.40. The van der Waals surface area contributed by atoms with Crippen molar-refractivity contribution in [2.75, 3.05) is 20.3 Å². The van der Waals surface area contributed by atoms with Crippen LogP contribution in [-0.2, 0) is 20.8 Å². The molecule has 2 atom stereocenters. The first-order valence-corrected chi connectivity index (χ1v) is 8.42. The maximum Gasteiger partial charge on any atom is 0.313 e. The molecule has 0 heterocycles. The van der Waals surface area contributed by atoms with Crippen LogP contribution in [0.5, 0.6) is 5.75 Å². The van der Waals surface area contributed by atoms with Gasteiger partial charge in [-0.1, -0.05) is 24.2 Å². The standard InChI is InChI=1S/C18H23ClN2O6/c1-4-15(23)21-13(8-11-5-6-14(27-3)12(19)7-11)16(24)20-9-18(2,10-22)17(25)26/h4-7,13,22H,1,8-10H2,2-3H3,(H,20,24)(H,21,23)(H,25,26)/t13-,18?/m1/s1. The number of rotatable bonds is 10. The van der Waals surface area contributed by atoms with E-state index in [1.54, 1.807) is 18.2 Å². The van der Waals surface area contributed by atoms with Gasteiger partial charge in [-0.3, -0.25) is 14.4 Å². The van der Waals surface area contributed by atoms with Crippen LogP contribution in [0, 0.1) is 5.41 Å². The van der Waals surface area contributed by atoms with Gasteiger partial charge in [0.25, 0.3) is 0 Å². The fourth-order valence-electron chi connectivity index (χ4n) is 2.12. The quantitative estimate of drug-likeness (QED) is 0.431. The van der Waals surface area contributed by atoms with Gasteiger partial charge in [-0.15, -0.1) is 0 Å². The molecule has 0 saturated heterocycles. The van der Waals surface area contributed by atoms with Crippen LogP contribution in [0.15, 0.2) is 30.9 Å². The second-order valence-corrected chi connectivity index (χ2v) is 6.59. The van der Waals surface area contributed by atoms with E-state index in [1.807, 2.05) is 0 Å². The Bertz CT molecular complexity index is 724. The number of aliphatic hydroxyl groups is 1. The number of carbonyl (C=O) groups is 3. The average Bonchev–Trinajstić information content (AvgIpc) is 2.65. The third kappa shape index (κ3) is 6.26. The molecular weight excluding hydrogens is 376 g/mol. The van der Waals surface area contributed by atoms with Crippen LogP contribution in [0.1, 0.15) is 12.5 Å². The fraction of sp³-hybridized carbons (Fsp3) is 0.389. The van der Waals surface area contributed by atoms with Gasteiger partial charge in [0.15, 0.2) is 0 Å². The zero-order chi connectivity index (χ0) is 20.6. The van der Waals surface area contributed by atoms with Crippen molar-refractivity contribution in [2.24, 2.45) is 5.41 Å². The molecule has 0 aliphatic heterocycles. The number of carboxylic acids is 1. The third-order valence-corrected chi connectivity index (χ3v) is 4.29. The number of hydrogen-bond donors (Lipinski definition) is 4. The van der Waals surface area contributed by atoms with E-state index in [0.717, 1.165) is 6.08 Å². The van der Waals surface area contributed by atoms with E-state index >= 15 is 0 Å². The van der Waals surface area contributed by atoms with Crippen LogP contribution in [0.4, 0.5) is 0 Å². The summed E-state index contributed by atoms with van der Waals surface area (Å²) in [5, 5.41) is 23.7. The van der Waals surface area contributed by atoms with Gasteiger partial charge in [0.05, 0.1) is 18.7 Å². The molecule has 0 radical (unpaired) electrons. The third-order valence-electron chi connectivity index (χ3n) is 3.99. The molecule has 1 rings (SSSR count). The topological polar surface area (TPSA) is 125 Å². The molecule has 1 unspecified atom stereocenters. The molecule has 1 aromatic carbocycles. The van der Waals surface area contributed by atoms with Crippen LogP contribution in [0.2, 0.25) is 5.02 Å². The van der Waals surface area contributed by atoms with E-state index in [-0.39, 0.29) is 13.0 Å². The Morgan fingerprint density at radius 3 is 2.56 bits per heavy atom. The molecule has 148 valence electrons. The number of nitrogens with one attached hydrogen (secondary N) is 2. The molecule has 0 aliphatic rings. The summed E-state index contributed by atoms with van der Waals surface area (Å²) in [4.78, 5) is 35.4. The summed E-state index contributed by atoms with van der Waals surface area (Å²) in [5.41, 5.74) is -0.875. The predicted octanol–water partition coefficient (Wildman–Crippen LogP) is 0.761. The number of aliphatic carboxylic acids is 1. The number of aliphatic hydroxyl groups excluding tert-OH is 1. The second-order valence-electron chi connectivity index (χ2n) is 6.18. The van der Waals surface area contributed by atoms with Crippen molar-refractivity contribution >= 4 is 29.4 Å². The lowest BCUT2D eigenvalue weighted by Gasteiger charge is -2.24. The Morgan fingerprint density at radius 1 is 1.41 bits per heavy atom. The minimum Gasteiger partial charge on any atom is -0.495 e. The lowest BCUT2D eigenvalue weighted by Crippen LogP contribution is -2.51. The first-order valence-electron chi connectivity index (χ1n) is 8.04. The molecule has 2 amide bonds. The van der Waals surface area contributed by atoms with E-state index in [4.69, 9.17) is 21.4 Å². The summed E-state index contributed by atoms with van der Waals surface area (Å²) < 4.78 is 5.07. The monoisotopic (exact) mass is 398 g/mol.